The van der Waals surface area contributed by atoms with Crippen LogP contribution in [0.2, 0.25) is 5.02 Å². The van der Waals surface area contributed by atoms with Gasteiger partial charge >= 0.3 is 0 Å². The molecule has 6 nitrogen and oxygen atoms in total. The minimum Gasteiger partial charge on any atom is -0.356 e. The quantitative estimate of drug-likeness (QED) is 0.728. The number of likely N-dealkylation sites (tertiary alicyclic amines) is 1. The first-order chi connectivity index (χ1) is 13.1. The van der Waals surface area contributed by atoms with Gasteiger partial charge in [-0.25, -0.2) is 4.98 Å². The van der Waals surface area contributed by atoms with Gasteiger partial charge in [0.15, 0.2) is 4.96 Å². The SMILES string of the molecule is CCNC(=O)[C@H]1CCN(C(=O)c2csc3nc(-c4ccc(Cl)cc4)cn23)C1. The summed E-state index contributed by atoms with van der Waals surface area (Å²) in [6.45, 7) is 3.56. The first-order valence-corrected chi connectivity index (χ1v) is 10.1. The van der Waals surface area contributed by atoms with Crippen molar-refractivity contribution in [3.05, 3.63) is 46.6 Å². The van der Waals surface area contributed by atoms with Crippen LogP contribution < -0.4 is 5.32 Å². The van der Waals surface area contributed by atoms with Gasteiger partial charge < -0.3 is 10.2 Å². The van der Waals surface area contributed by atoms with E-state index in [1.165, 1.54) is 11.3 Å². The molecule has 0 unspecified atom stereocenters. The third-order valence-electron chi connectivity index (χ3n) is 4.77. The molecule has 3 aromatic rings. The molecular formula is C19H19ClN4O2S. The van der Waals surface area contributed by atoms with Gasteiger partial charge in [-0.1, -0.05) is 23.7 Å². The molecule has 1 atom stereocenters. The standard InChI is InChI=1S/C19H19ClN4O2S/c1-2-21-17(25)13-7-8-23(9-13)18(26)16-11-27-19-22-15(10-24(16)19)12-3-5-14(20)6-4-12/h3-6,10-11,13H,2,7-9H2,1H3,(H,21,25)/t13-/m0/s1. The Kier molecular flexibility index (Phi) is 4.88. The Morgan fingerprint density at radius 3 is 2.85 bits per heavy atom. The molecule has 8 heteroatoms. The van der Waals surface area contributed by atoms with Crippen LogP contribution in [0.1, 0.15) is 23.8 Å². The molecule has 27 heavy (non-hydrogen) atoms. The average molecular weight is 403 g/mol. The number of hydrogen-bond acceptors (Lipinski definition) is 4. The average Bonchev–Trinajstić information content (AvgIpc) is 3.37. The number of halogens is 1. The van der Waals surface area contributed by atoms with Crippen molar-refractivity contribution in [2.75, 3.05) is 19.6 Å². The zero-order valence-corrected chi connectivity index (χ0v) is 16.4. The Balaban J connectivity index is 1.56. The highest BCUT2D eigenvalue weighted by Crippen LogP contribution is 2.26. The van der Waals surface area contributed by atoms with Crippen LogP contribution in [0.25, 0.3) is 16.2 Å². The number of rotatable bonds is 4. The molecule has 0 radical (unpaired) electrons. The molecule has 1 aliphatic rings. The van der Waals surface area contributed by atoms with Crippen molar-refractivity contribution < 1.29 is 9.59 Å². The number of nitrogens with one attached hydrogen (secondary N) is 1. The minimum absolute atomic E-state index is 0.0240. The number of amides is 2. The summed E-state index contributed by atoms with van der Waals surface area (Å²) in [5.74, 6) is -0.167. The van der Waals surface area contributed by atoms with Crippen molar-refractivity contribution in [2.45, 2.75) is 13.3 Å². The molecular weight excluding hydrogens is 384 g/mol. The lowest BCUT2D eigenvalue weighted by Gasteiger charge is -2.15. The molecule has 1 aromatic carbocycles. The second-order valence-electron chi connectivity index (χ2n) is 6.54. The number of benzene rings is 1. The molecule has 2 aromatic heterocycles. The molecule has 1 N–H and O–H groups in total. The number of imidazole rings is 1. The largest absolute Gasteiger partial charge is 0.356 e. The number of aromatic nitrogens is 2. The predicted octanol–water partition coefficient (Wildman–Crippen LogP) is 3.31. The lowest BCUT2D eigenvalue weighted by Crippen LogP contribution is -2.34. The minimum atomic E-state index is -0.129. The number of fused-ring (bicyclic) bond motifs is 1. The van der Waals surface area contributed by atoms with Gasteiger partial charge in [-0.2, -0.15) is 0 Å². The Morgan fingerprint density at radius 2 is 2.11 bits per heavy atom. The number of thiazole rings is 1. The summed E-state index contributed by atoms with van der Waals surface area (Å²) in [5.41, 5.74) is 2.33. The van der Waals surface area contributed by atoms with Gasteiger partial charge in [0, 0.05) is 41.8 Å². The molecule has 1 saturated heterocycles. The molecule has 0 spiro atoms. The van der Waals surface area contributed by atoms with Gasteiger partial charge in [0.1, 0.15) is 5.69 Å². The van der Waals surface area contributed by atoms with Crippen LogP contribution in [-0.4, -0.2) is 45.7 Å². The summed E-state index contributed by atoms with van der Waals surface area (Å²) in [6, 6.07) is 7.46. The van der Waals surface area contributed by atoms with Crippen molar-refractivity contribution >= 4 is 39.7 Å². The fraction of sp³-hybridized carbons (Fsp3) is 0.316. The molecule has 0 bridgehead atoms. The maximum absolute atomic E-state index is 13.0. The van der Waals surface area contributed by atoms with E-state index in [9.17, 15) is 9.59 Å². The van der Waals surface area contributed by atoms with Crippen LogP contribution in [-0.2, 0) is 4.79 Å². The fourth-order valence-electron chi connectivity index (χ4n) is 3.34. The zero-order valence-electron chi connectivity index (χ0n) is 14.8. The normalized spacial score (nSPS) is 16.8. The molecule has 2 amide bonds. The third-order valence-corrected chi connectivity index (χ3v) is 5.86. The molecule has 0 aliphatic carbocycles. The van der Waals surface area contributed by atoms with Crippen molar-refractivity contribution in [1.82, 2.24) is 19.6 Å². The van der Waals surface area contributed by atoms with E-state index < -0.39 is 0 Å². The maximum Gasteiger partial charge on any atom is 0.271 e. The molecule has 140 valence electrons. The molecule has 3 heterocycles. The lowest BCUT2D eigenvalue weighted by molar-refractivity contribution is -0.124. The first-order valence-electron chi connectivity index (χ1n) is 8.86. The summed E-state index contributed by atoms with van der Waals surface area (Å²) in [6.07, 6.45) is 2.57. The summed E-state index contributed by atoms with van der Waals surface area (Å²) in [7, 11) is 0. The summed E-state index contributed by atoms with van der Waals surface area (Å²) in [5, 5.41) is 5.34. The van der Waals surface area contributed by atoms with Crippen LogP contribution in [0, 0.1) is 5.92 Å². The van der Waals surface area contributed by atoms with E-state index in [2.05, 4.69) is 10.3 Å². The number of carbonyl (C=O) groups is 2. The van der Waals surface area contributed by atoms with E-state index in [-0.39, 0.29) is 17.7 Å². The monoisotopic (exact) mass is 402 g/mol. The maximum atomic E-state index is 13.0. The summed E-state index contributed by atoms with van der Waals surface area (Å²) in [4.78, 5) is 32.1. The van der Waals surface area contributed by atoms with E-state index in [1.807, 2.05) is 47.2 Å². The van der Waals surface area contributed by atoms with Gasteiger partial charge in [0.05, 0.1) is 11.6 Å². The van der Waals surface area contributed by atoms with Crippen LogP contribution in [0.4, 0.5) is 0 Å². The molecule has 1 aliphatic heterocycles. The molecule has 0 saturated carbocycles. The predicted molar refractivity (Wildman–Crippen MR) is 106 cm³/mol. The Hall–Kier alpha value is -2.38. The summed E-state index contributed by atoms with van der Waals surface area (Å²) < 4.78 is 1.83. The van der Waals surface area contributed by atoms with E-state index in [0.29, 0.717) is 36.8 Å². The Morgan fingerprint density at radius 1 is 1.33 bits per heavy atom. The van der Waals surface area contributed by atoms with Gasteiger partial charge in [-0.3, -0.25) is 14.0 Å². The van der Waals surface area contributed by atoms with Crippen LogP contribution >= 0.6 is 22.9 Å². The van der Waals surface area contributed by atoms with E-state index in [0.717, 1.165) is 16.2 Å². The zero-order chi connectivity index (χ0) is 19.0. The van der Waals surface area contributed by atoms with Gasteiger partial charge in [-0.15, -0.1) is 11.3 Å². The van der Waals surface area contributed by atoms with E-state index in [1.54, 1.807) is 4.90 Å². The molecule has 1 fully saturated rings. The van der Waals surface area contributed by atoms with Crippen molar-refractivity contribution in [3.8, 4) is 11.3 Å². The second kappa shape index (κ2) is 7.32. The number of carbonyl (C=O) groups excluding carboxylic acids is 2. The number of hydrogen-bond donors (Lipinski definition) is 1. The Bertz CT molecular complexity index is 995. The lowest BCUT2D eigenvalue weighted by atomic mass is 10.1. The second-order valence-corrected chi connectivity index (χ2v) is 7.81. The van der Waals surface area contributed by atoms with Gasteiger partial charge in [-0.05, 0) is 25.5 Å². The topological polar surface area (TPSA) is 66.7 Å². The van der Waals surface area contributed by atoms with Gasteiger partial charge in [0.25, 0.3) is 5.91 Å². The van der Waals surface area contributed by atoms with Crippen molar-refractivity contribution in [2.24, 2.45) is 5.92 Å². The summed E-state index contributed by atoms with van der Waals surface area (Å²) >= 11 is 7.38. The van der Waals surface area contributed by atoms with Crippen molar-refractivity contribution in [1.29, 1.82) is 0 Å². The smallest absolute Gasteiger partial charge is 0.271 e. The fourth-order valence-corrected chi connectivity index (χ4v) is 4.31. The highest BCUT2D eigenvalue weighted by atomic mass is 35.5. The van der Waals surface area contributed by atoms with Crippen molar-refractivity contribution in [3.63, 3.8) is 0 Å². The highest BCUT2D eigenvalue weighted by Gasteiger charge is 2.32. The third kappa shape index (κ3) is 3.44. The van der Waals surface area contributed by atoms with Crippen LogP contribution in [0.3, 0.4) is 0 Å². The van der Waals surface area contributed by atoms with Crippen LogP contribution in [0.15, 0.2) is 35.8 Å². The Labute approximate surface area is 165 Å². The first kappa shape index (κ1) is 18.0. The van der Waals surface area contributed by atoms with E-state index in [4.69, 9.17) is 11.6 Å². The highest BCUT2D eigenvalue weighted by molar-refractivity contribution is 7.15. The number of nitrogens with zero attached hydrogens (tertiary/aromatic N) is 3. The van der Waals surface area contributed by atoms with Gasteiger partial charge in [0.2, 0.25) is 5.91 Å². The molecule has 4 rings (SSSR count). The van der Waals surface area contributed by atoms with E-state index >= 15 is 0 Å². The van der Waals surface area contributed by atoms with Crippen LogP contribution in [0.5, 0.6) is 0 Å².